The van der Waals surface area contributed by atoms with Crippen LogP contribution in [0, 0.1) is 0 Å². The van der Waals surface area contributed by atoms with Crippen LogP contribution in [0.15, 0.2) is 18.3 Å². The van der Waals surface area contributed by atoms with Gasteiger partial charge in [-0.25, -0.2) is 0 Å². The van der Waals surface area contributed by atoms with Crippen LogP contribution in [0.1, 0.15) is 31.8 Å². The number of hydrogen-bond acceptors (Lipinski definition) is 3. The van der Waals surface area contributed by atoms with Crippen molar-refractivity contribution in [1.82, 2.24) is 4.98 Å². The molecule has 0 aliphatic carbocycles. The van der Waals surface area contributed by atoms with Crippen LogP contribution in [0.3, 0.4) is 0 Å². The Morgan fingerprint density at radius 3 is 2.38 bits per heavy atom. The van der Waals surface area contributed by atoms with Crippen LogP contribution in [0.5, 0.6) is 0 Å². The highest BCUT2D eigenvalue weighted by atomic mass is 35.5. The van der Waals surface area contributed by atoms with E-state index in [0.29, 0.717) is 0 Å². The van der Waals surface area contributed by atoms with Gasteiger partial charge in [-0.05, 0) is 39.8 Å². The summed E-state index contributed by atoms with van der Waals surface area (Å²) >= 11 is 5.73. The van der Waals surface area contributed by atoms with Crippen LogP contribution >= 0.6 is 11.6 Å². The Morgan fingerprint density at radius 2 is 1.81 bits per heavy atom. The highest BCUT2D eigenvalue weighted by Crippen LogP contribution is 2.36. The van der Waals surface area contributed by atoms with Crippen LogP contribution < -0.4 is 5.59 Å². The van der Waals surface area contributed by atoms with Crippen molar-refractivity contribution in [3.63, 3.8) is 0 Å². The first-order valence-corrected chi connectivity index (χ1v) is 5.43. The molecule has 0 radical (unpaired) electrons. The summed E-state index contributed by atoms with van der Waals surface area (Å²) in [6.45, 7) is 7.54. The second-order valence-corrected chi connectivity index (χ2v) is 5.14. The first-order valence-electron chi connectivity index (χ1n) is 6.55. The zero-order valence-corrected chi connectivity index (χ0v) is 10.5. The maximum atomic E-state index is 7.88. The lowest BCUT2D eigenvalue weighted by Gasteiger charge is -2.32. The van der Waals surface area contributed by atoms with Gasteiger partial charge in [0.25, 0.3) is 0 Å². The first-order chi connectivity index (χ1) is 8.57. The molecule has 1 aromatic heterocycles. The molecular weight excluding hydrogens is 224 g/mol. The molecule has 1 saturated heterocycles. The van der Waals surface area contributed by atoms with Gasteiger partial charge in [0.05, 0.1) is 25.9 Å². The Morgan fingerprint density at radius 1 is 1.25 bits per heavy atom. The Hall–Kier alpha value is -0.575. The fourth-order valence-electron chi connectivity index (χ4n) is 1.35. The molecule has 5 heteroatoms. The van der Waals surface area contributed by atoms with Gasteiger partial charge < -0.3 is 9.31 Å². The summed E-state index contributed by atoms with van der Waals surface area (Å²) in [7, 11) is -0.858. The van der Waals surface area contributed by atoms with Crippen molar-refractivity contribution in [2.45, 2.75) is 38.9 Å². The number of rotatable bonds is 1. The number of pyridine rings is 1. The summed E-state index contributed by atoms with van der Waals surface area (Å²) in [6.07, 6.45) is -0.243. The molecule has 0 unspecified atom stereocenters. The fourth-order valence-corrected chi connectivity index (χ4v) is 1.44. The van der Waals surface area contributed by atoms with Crippen LogP contribution in [0.25, 0.3) is 0 Å². The Balaban J connectivity index is 2.46. The van der Waals surface area contributed by atoms with Crippen molar-refractivity contribution in [2.24, 2.45) is 0 Å². The normalized spacial score (nSPS) is 25.1. The Kier molecular flexibility index (Phi) is 1.98. The zero-order chi connectivity index (χ0) is 14.6. The maximum Gasteiger partial charge on any atom is 0.514 e. The van der Waals surface area contributed by atoms with Gasteiger partial charge in [-0.15, -0.1) is 0 Å². The molecule has 3 nitrogen and oxygen atoms in total. The van der Waals surface area contributed by atoms with E-state index < -0.39 is 18.3 Å². The van der Waals surface area contributed by atoms with Crippen LogP contribution in [-0.4, -0.2) is 23.3 Å². The molecule has 0 aromatic carbocycles. The fraction of sp³-hybridized carbons (Fsp3) is 0.545. The summed E-state index contributed by atoms with van der Waals surface area (Å²) in [5, 5.41) is -0.134. The molecule has 0 bridgehead atoms. The van der Waals surface area contributed by atoms with Gasteiger partial charge in [0.2, 0.25) is 0 Å². The first kappa shape index (κ1) is 8.51. The minimum Gasteiger partial charge on any atom is -0.398 e. The lowest BCUT2D eigenvalue weighted by atomic mass is 9.84. The average Bonchev–Trinajstić information content (AvgIpc) is 2.50. The van der Waals surface area contributed by atoms with Gasteiger partial charge in [-0.2, -0.15) is 0 Å². The molecule has 1 aliphatic rings. The third kappa shape index (κ3) is 1.97. The second-order valence-electron chi connectivity index (χ2n) is 4.76. The standard InChI is InChI=1S/C11H15BClNO2/c1-10(2)11(3,4)16-12(15-10)9-6-5-8(13)7-14-9/h5-7H,1-4H3/i5D,6D,7D. The van der Waals surface area contributed by atoms with Crippen molar-refractivity contribution < 1.29 is 13.4 Å². The summed E-state index contributed by atoms with van der Waals surface area (Å²) in [5.41, 5.74) is -0.996. The SMILES string of the molecule is [2H]c1nc(B2OC(C)(C)C(C)(C)O2)c([2H])c([2H])c1Cl. The van der Waals surface area contributed by atoms with E-state index in [1.807, 2.05) is 27.7 Å². The predicted octanol–water partition coefficient (Wildman–Crippen LogP) is 2.03. The van der Waals surface area contributed by atoms with E-state index in [1.54, 1.807) is 0 Å². The molecule has 0 spiro atoms. The van der Waals surface area contributed by atoms with E-state index in [4.69, 9.17) is 25.0 Å². The summed E-state index contributed by atoms with van der Waals surface area (Å²) < 4.78 is 34.7. The van der Waals surface area contributed by atoms with Crippen molar-refractivity contribution in [3.8, 4) is 0 Å². The van der Waals surface area contributed by atoms with Gasteiger partial charge in [0.15, 0.2) is 0 Å². The third-order valence-corrected chi connectivity index (χ3v) is 3.23. The van der Waals surface area contributed by atoms with Crippen molar-refractivity contribution in [1.29, 1.82) is 0 Å². The van der Waals surface area contributed by atoms with E-state index in [2.05, 4.69) is 4.98 Å². The molecular formula is C11H15BClNO2. The van der Waals surface area contributed by atoms with E-state index in [0.717, 1.165) is 0 Å². The summed E-state index contributed by atoms with van der Waals surface area (Å²) in [5.74, 6) is 0. The number of aromatic nitrogens is 1. The molecule has 1 fully saturated rings. The molecule has 2 rings (SSSR count). The summed E-state index contributed by atoms with van der Waals surface area (Å²) in [6, 6.07) is -0.397. The van der Waals surface area contributed by atoms with E-state index in [-0.39, 0.29) is 28.9 Å². The predicted molar refractivity (Wildman–Crippen MR) is 65.0 cm³/mol. The van der Waals surface area contributed by atoms with Crippen molar-refractivity contribution >= 4 is 24.3 Å². The highest BCUT2D eigenvalue weighted by molar-refractivity contribution is 6.61. The van der Waals surface area contributed by atoms with Gasteiger partial charge in [-0.1, -0.05) is 11.6 Å². The van der Waals surface area contributed by atoms with Gasteiger partial charge >= 0.3 is 7.12 Å². The molecule has 0 amide bonds. The molecule has 2 heterocycles. The molecule has 0 N–H and O–H groups in total. The van der Waals surface area contributed by atoms with Crippen molar-refractivity contribution in [2.75, 3.05) is 0 Å². The average molecular weight is 243 g/mol. The molecule has 1 aliphatic heterocycles. The molecule has 0 atom stereocenters. The largest absolute Gasteiger partial charge is 0.514 e. The van der Waals surface area contributed by atoms with Crippen LogP contribution in [0.2, 0.25) is 5.02 Å². The number of halogens is 1. The minimum atomic E-state index is -0.858. The molecule has 0 saturated carbocycles. The van der Waals surface area contributed by atoms with E-state index in [1.165, 1.54) is 0 Å². The second kappa shape index (κ2) is 3.72. The number of hydrogen-bond donors (Lipinski definition) is 0. The van der Waals surface area contributed by atoms with Gasteiger partial charge in [0.1, 0.15) is 0 Å². The minimum absolute atomic E-state index is 0.123. The zero-order valence-electron chi connectivity index (χ0n) is 12.7. The monoisotopic (exact) mass is 242 g/mol. The Labute approximate surface area is 105 Å². The maximum absolute atomic E-state index is 7.88. The van der Waals surface area contributed by atoms with Gasteiger partial charge in [-0.3, -0.25) is 4.98 Å². The topological polar surface area (TPSA) is 31.4 Å². The smallest absolute Gasteiger partial charge is 0.398 e. The molecule has 16 heavy (non-hydrogen) atoms. The van der Waals surface area contributed by atoms with E-state index >= 15 is 0 Å². The Bertz CT molecular complexity index is 523. The van der Waals surface area contributed by atoms with E-state index in [9.17, 15) is 0 Å². The lowest BCUT2D eigenvalue weighted by Crippen LogP contribution is -2.41. The number of nitrogens with zero attached hydrogens (tertiary/aromatic N) is 1. The third-order valence-electron chi connectivity index (χ3n) is 3.05. The quantitative estimate of drug-likeness (QED) is 0.706. The highest BCUT2D eigenvalue weighted by Gasteiger charge is 2.52. The summed E-state index contributed by atoms with van der Waals surface area (Å²) in [4.78, 5) is 3.92. The molecule has 1 aromatic rings. The van der Waals surface area contributed by atoms with Gasteiger partial charge in [0, 0.05) is 6.17 Å². The van der Waals surface area contributed by atoms with Crippen molar-refractivity contribution in [3.05, 3.63) is 23.3 Å². The van der Waals surface area contributed by atoms with Crippen LogP contribution in [-0.2, 0) is 9.31 Å². The van der Waals surface area contributed by atoms with Crippen LogP contribution in [0.4, 0.5) is 0 Å². The lowest BCUT2D eigenvalue weighted by molar-refractivity contribution is 0.00578. The molecule has 86 valence electrons.